The lowest BCUT2D eigenvalue weighted by Crippen LogP contribution is -2.49. The first-order valence-corrected chi connectivity index (χ1v) is 3.91. The molecular formula is C8H17NO3. The highest BCUT2D eigenvalue weighted by Gasteiger charge is 2.26. The number of hydrogen-bond acceptors (Lipinski definition) is 3. The second-order valence-corrected chi connectivity index (χ2v) is 3.36. The zero-order valence-electron chi connectivity index (χ0n) is 8.05. The number of ether oxygens (including phenoxy) is 1. The summed E-state index contributed by atoms with van der Waals surface area (Å²) in [5, 5.41) is 11.6. The molecule has 0 aliphatic carbocycles. The molecule has 0 rings (SSSR count). The lowest BCUT2D eigenvalue weighted by Gasteiger charge is -2.22. The number of hydrogen-bond donors (Lipinski definition) is 2. The summed E-state index contributed by atoms with van der Waals surface area (Å²) in [6.07, 6.45) is 0.0311. The number of methoxy groups -OCH3 is 1. The SMILES string of the molecule is COC(C)CNC(C)(C)C(=O)O. The van der Waals surface area contributed by atoms with Gasteiger partial charge in [0.2, 0.25) is 0 Å². The van der Waals surface area contributed by atoms with E-state index in [1.54, 1.807) is 21.0 Å². The van der Waals surface area contributed by atoms with Crippen molar-refractivity contribution in [2.45, 2.75) is 32.4 Å². The molecule has 0 saturated carbocycles. The molecule has 0 amide bonds. The van der Waals surface area contributed by atoms with Crippen molar-refractivity contribution < 1.29 is 14.6 Å². The number of rotatable bonds is 5. The molecule has 1 atom stereocenters. The minimum absolute atomic E-state index is 0.0311. The van der Waals surface area contributed by atoms with Crippen molar-refractivity contribution >= 4 is 5.97 Å². The lowest BCUT2D eigenvalue weighted by atomic mass is 10.1. The molecule has 4 nitrogen and oxygen atoms in total. The molecule has 0 heterocycles. The molecule has 12 heavy (non-hydrogen) atoms. The van der Waals surface area contributed by atoms with E-state index in [2.05, 4.69) is 5.32 Å². The standard InChI is InChI=1S/C8H17NO3/c1-6(12-4)5-9-8(2,3)7(10)11/h6,9H,5H2,1-4H3,(H,10,11). The van der Waals surface area contributed by atoms with Crippen molar-refractivity contribution in [3.8, 4) is 0 Å². The van der Waals surface area contributed by atoms with Gasteiger partial charge in [0.15, 0.2) is 0 Å². The zero-order chi connectivity index (χ0) is 9.78. The van der Waals surface area contributed by atoms with Gasteiger partial charge < -0.3 is 9.84 Å². The zero-order valence-corrected chi connectivity index (χ0v) is 8.05. The van der Waals surface area contributed by atoms with Crippen molar-refractivity contribution in [3.63, 3.8) is 0 Å². The van der Waals surface area contributed by atoms with Gasteiger partial charge >= 0.3 is 5.97 Å². The second kappa shape index (κ2) is 4.42. The monoisotopic (exact) mass is 175 g/mol. The van der Waals surface area contributed by atoms with Gasteiger partial charge in [0.1, 0.15) is 5.54 Å². The highest BCUT2D eigenvalue weighted by Crippen LogP contribution is 2.01. The first-order chi connectivity index (χ1) is 5.40. The Balaban J connectivity index is 3.83. The number of carboxylic acids is 1. The van der Waals surface area contributed by atoms with Gasteiger partial charge in [-0.3, -0.25) is 10.1 Å². The summed E-state index contributed by atoms with van der Waals surface area (Å²) in [5.74, 6) is -0.856. The Morgan fingerprint density at radius 3 is 2.50 bits per heavy atom. The van der Waals surface area contributed by atoms with Crippen LogP contribution in [0.15, 0.2) is 0 Å². The fourth-order valence-electron chi connectivity index (χ4n) is 0.558. The fraction of sp³-hybridized carbons (Fsp3) is 0.875. The molecule has 0 aromatic carbocycles. The average molecular weight is 175 g/mol. The Bertz CT molecular complexity index is 156. The topological polar surface area (TPSA) is 58.6 Å². The summed E-state index contributed by atoms with van der Waals surface area (Å²) in [4.78, 5) is 10.6. The van der Waals surface area contributed by atoms with E-state index in [0.717, 1.165) is 0 Å². The van der Waals surface area contributed by atoms with Crippen LogP contribution in [0.25, 0.3) is 0 Å². The van der Waals surface area contributed by atoms with Crippen LogP contribution < -0.4 is 5.32 Å². The molecule has 1 unspecified atom stereocenters. The van der Waals surface area contributed by atoms with Gasteiger partial charge in [0.25, 0.3) is 0 Å². The van der Waals surface area contributed by atoms with Crippen molar-refractivity contribution in [2.24, 2.45) is 0 Å². The highest BCUT2D eigenvalue weighted by molar-refractivity contribution is 5.77. The molecule has 0 aromatic heterocycles. The number of nitrogens with one attached hydrogen (secondary N) is 1. The maximum Gasteiger partial charge on any atom is 0.323 e. The van der Waals surface area contributed by atoms with Crippen LogP contribution in [-0.2, 0) is 9.53 Å². The quantitative estimate of drug-likeness (QED) is 0.638. The molecule has 0 radical (unpaired) electrons. The van der Waals surface area contributed by atoms with Crippen LogP contribution >= 0.6 is 0 Å². The summed E-state index contributed by atoms with van der Waals surface area (Å²) in [5.41, 5.74) is -0.882. The number of carboxylic acid groups (broad SMARTS) is 1. The minimum Gasteiger partial charge on any atom is -0.480 e. The predicted molar refractivity (Wildman–Crippen MR) is 46.2 cm³/mol. The third-order valence-electron chi connectivity index (χ3n) is 1.77. The van der Waals surface area contributed by atoms with Gasteiger partial charge in [-0.1, -0.05) is 0 Å². The molecule has 4 heteroatoms. The van der Waals surface area contributed by atoms with E-state index in [-0.39, 0.29) is 6.10 Å². The first kappa shape index (κ1) is 11.4. The van der Waals surface area contributed by atoms with Crippen LogP contribution in [0.4, 0.5) is 0 Å². The van der Waals surface area contributed by atoms with Crippen LogP contribution in [0.1, 0.15) is 20.8 Å². The molecule has 0 aliphatic rings. The summed E-state index contributed by atoms with van der Waals surface area (Å²) < 4.78 is 4.97. The number of carbonyl (C=O) groups is 1. The van der Waals surface area contributed by atoms with E-state index < -0.39 is 11.5 Å². The predicted octanol–water partition coefficient (Wildman–Crippen LogP) is 0.474. The third kappa shape index (κ3) is 3.69. The average Bonchev–Trinajstić information content (AvgIpc) is 2.00. The maximum absolute atomic E-state index is 10.6. The van der Waals surface area contributed by atoms with Crippen LogP contribution in [0, 0.1) is 0 Å². The molecule has 0 aliphatic heterocycles. The number of aliphatic carboxylic acids is 1. The second-order valence-electron chi connectivity index (χ2n) is 3.36. The molecule has 0 spiro atoms. The molecule has 0 saturated heterocycles. The van der Waals surface area contributed by atoms with E-state index in [0.29, 0.717) is 6.54 Å². The maximum atomic E-state index is 10.6. The van der Waals surface area contributed by atoms with Gasteiger partial charge in [0.05, 0.1) is 6.10 Å². The van der Waals surface area contributed by atoms with Crippen molar-refractivity contribution in [1.29, 1.82) is 0 Å². The summed E-state index contributed by atoms with van der Waals surface area (Å²) in [6, 6.07) is 0. The Hall–Kier alpha value is -0.610. The normalized spacial score (nSPS) is 14.3. The lowest BCUT2D eigenvalue weighted by molar-refractivity contribution is -0.143. The smallest absolute Gasteiger partial charge is 0.323 e. The van der Waals surface area contributed by atoms with Gasteiger partial charge in [0, 0.05) is 13.7 Å². The van der Waals surface area contributed by atoms with Crippen LogP contribution in [0.2, 0.25) is 0 Å². The Labute approximate surface area is 72.9 Å². The van der Waals surface area contributed by atoms with E-state index in [9.17, 15) is 4.79 Å². The summed E-state index contributed by atoms with van der Waals surface area (Å²) in [7, 11) is 1.60. The van der Waals surface area contributed by atoms with Gasteiger partial charge in [-0.05, 0) is 20.8 Å². The van der Waals surface area contributed by atoms with E-state index in [4.69, 9.17) is 9.84 Å². The van der Waals surface area contributed by atoms with Crippen molar-refractivity contribution in [1.82, 2.24) is 5.32 Å². The largest absolute Gasteiger partial charge is 0.480 e. The van der Waals surface area contributed by atoms with E-state index in [1.165, 1.54) is 0 Å². The minimum atomic E-state index is -0.882. The van der Waals surface area contributed by atoms with E-state index >= 15 is 0 Å². The van der Waals surface area contributed by atoms with Crippen molar-refractivity contribution in [3.05, 3.63) is 0 Å². The van der Waals surface area contributed by atoms with Crippen LogP contribution in [0.3, 0.4) is 0 Å². The Morgan fingerprint density at radius 2 is 2.17 bits per heavy atom. The Kier molecular flexibility index (Phi) is 4.20. The molecule has 72 valence electrons. The third-order valence-corrected chi connectivity index (χ3v) is 1.77. The van der Waals surface area contributed by atoms with Gasteiger partial charge in [-0.15, -0.1) is 0 Å². The van der Waals surface area contributed by atoms with E-state index in [1.807, 2.05) is 6.92 Å². The summed E-state index contributed by atoms with van der Waals surface area (Å²) in [6.45, 7) is 5.66. The Morgan fingerprint density at radius 1 is 1.67 bits per heavy atom. The van der Waals surface area contributed by atoms with Gasteiger partial charge in [-0.2, -0.15) is 0 Å². The summed E-state index contributed by atoms with van der Waals surface area (Å²) >= 11 is 0. The van der Waals surface area contributed by atoms with Crippen LogP contribution in [-0.4, -0.2) is 36.4 Å². The molecule has 0 fully saturated rings. The molecule has 0 aromatic rings. The molecular weight excluding hydrogens is 158 g/mol. The van der Waals surface area contributed by atoms with Crippen molar-refractivity contribution in [2.75, 3.05) is 13.7 Å². The molecule has 0 bridgehead atoms. The van der Waals surface area contributed by atoms with Gasteiger partial charge in [-0.25, -0.2) is 0 Å². The highest BCUT2D eigenvalue weighted by atomic mass is 16.5. The molecule has 2 N–H and O–H groups in total. The fourth-order valence-corrected chi connectivity index (χ4v) is 0.558. The first-order valence-electron chi connectivity index (χ1n) is 3.91. The van der Waals surface area contributed by atoms with Crippen LogP contribution in [0.5, 0.6) is 0 Å².